The van der Waals surface area contributed by atoms with Gasteiger partial charge in [-0.05, 0) is 64.1 Å². The maximum absolute atomic E-state index is 11.1. The van der Waals surface area contributed by atoms with Crippen molar-refractivity contribution >= 4 is 17.3 Å². The van der Waals surface area contributed by atoms with E-state index in [9.17, 15) is 10.5 Å². The van der Waals surface area contributed by atoms with E-state index < -0.39 is 5.41 Å². The molecule has 1 unspecified atom stereocenters. The summed E-state index contributed by atoms with van der Waals surface area (Å²) >= 11 is 6.38. The molecule has 2 heterocycles. The average Bonchev–Trinajstić information content (AvgIpc) is 3.25. The van der Waals surface area contributed by atoms with Gasteiger partial charge in [0.05, 0.1) is 31.3 Å². The summed E-state index contributed by atoms with van der Waals surface area (Å²) in [5.74, 6) is 0.939. The molecule has 1 spiro atoms. The predicted molar refractivity (Wildman–Crippen MR) is 163 cm³/mol. The Hall–Kier alpha value is -4.97. The first-order valence-electron chi connectivity index (χ1n) is 13.8. The zero-order valence-corrected chi connectivity index (χ0v) is 23.9. The van der Waals surface area contributed by atoms with E-state index in [0.29, 0.717) is 40.8 Å². The van der Waals surface area contributed by atoms with Gasteiger partial charge >= 0.3 is 0 Å². The first kappa shape index (κ1) is 26.0. The lowest BCUT2D eigenvalue weighted by atomic mass is 9.61. The number of benzene rings is 4. The maximum atomic E-state index is 11.1. The van der Waals surface area contributed by atoms with Gasteiger partial charge in [0, 0.05) is 28.7 Å². The second-order valence-corrected chi connectivity index (χ2v) is 11.1. The van der Waals surface area contributed by atoms with Crippen LogP contribution < -0.4 is 9.47 Å². The van der Waals surface area contributed by atoms with Crippen LogP contribution in [0.5, 0.6) is 11.5 Å². The van der Waals surface area contributed by atoms with E-state index in [2.05, 4.69) is 42.5 Å². The molecule has 1 atom stereocenters. The first-order chi connectivity index (χ1) is 20.6. The van der Waals surface area contributed by atoms with Crippen LogP contribution in [0.3, 0.4) is 0 Å². The molecule has 7 rings (SSSR count). The smallest absolute Gasteiger partial charge is 0.161 e. The van der Waals surface area contributed by atoms with Gasteiger partial charge in [-0.2, -0.15) is 10.5 Å². The molecule has 0 fully saturated rings. The van der Waals surface area contributed by atoms with Crippen LogP contribution in [0.25, 0.3) is 16.8 Å². The largest absolute Gasteiger partial charge is 0.493 e. The third-order valence-electron chi connectivity index (χ3n) is 8.91. The molecule has 4 aromatic rings. The van der Waals surface area contributed by atoms with Gasteiger partial charge in [-0.3, -0.25) is 0 Å². The minimum atomic E-state index is -0.943. The monoisotopic (exact) mass is 567 g/mol. The Morgan fingerprint density at radius 2 is 1.43 bits per heavy atom. The molecule has 6 heteroatoms. The van der Waals surface area contributed by atoms with Crippen molar-refractivity contribution in [3.05, 3.63) is 135 Å². The molecular formula is C36H26ClN3O2. The molecule has 0 aromatic heterocycles. The molecule has 0 N–H and O–H groups in total. The highest BCUT2D eigenvalue weighted by Crippen LogP contribution is 2.62. The highest BCUT2D eigenvalue weighted by molar-refractivity contribution is 6.30. The van der Waals surface area contributed by atoms with Crippen LogP contribution in [0.1, 0.15) is 33.7 Å². The molecular weight excluding hydrogens is 542 g/mol. The topological polar surface area (TPSA) is 69.3 Å². The normalized spacial score (nSPS) is 17.6. The third kappa shape index (κ3) is 3.48. The van der Waals surface area contributed by atoms with E-state index in [1.54, 1.807) is 14.2 Å². The number of fused-ring (bicyclic) bond motifs is 8. The molecule has 1 aliphatic carbocycles. The van der Waals surface area contributed by atoms with Crippen LogP contribution in [0, 0.1) is 22.7 Å². The predicted octanol–water partition coefficient (Wildman–Crippen LogP) is 7.62. The lowest BCUT2D eigenvalue weighted by Gasteiger charge is -2.38. The number of hydrogen-bond acceptors (Lipinski definition) is 5. The van der Waals surface area contributed by atoms with Crippen molar-refractivity contribution in [2.45, 2.75) is 17.8 Å². The van der Waals surface area contributed by atoms with Crippen molar-refractivity contribution in [2.75, 3.05) is 20.8 Å². The molecule has 0 saturated carbocycles. The zero-order chi connectivity index (χ0) is 29.0. The van der Waals surface area contributed by atoms with Gasteiger partial charge in [-0.15, -0.1) is 0 Å². The van der Waals surface area contributed by atoms with E-state index in [1.807, 2.05) is 65.6 Å². The Bertz CT molecular complexity index is 1860. The van der Waals surface area contributed by atoms with Gasteiger partial charge in [-0.25, -0.2) is 0 Å². The molecule has 0 bridgehead atoms. The number of halogens is 1. The van der Waals surface area contributed by atoms with Crippen LogP contribution in [0.2, 0.25) is 5.02 Å². The number of nitrogens with zero attached hydrogens (tertiary/aromatic N) is 3. The van der Waals surface area contributed by atoms with Crippen molar-refractivity contribution in [1.29, 1.82) is 10.5 Å². The quantitative estimate of drug-likeness (QED) is 0.255. The molecule has 42 heavy (non-hydrogen) atoms. The number of allylic oxidation sites excluding steroid dienone is 3. The Kier molecular flexibility index (Phi) is 6.08. The summed E-state index contributed by atoms with van der Waals surface area (Å²) in [6.07, 6.45) is 2.93. The Labute approximate surface area is 250 Å². The fourth-order valence-corrected chi connectivity index (χ4v) is 7.31. The summed E-state index contributed by atoms with van der Waals surface area (Å²) in [4.78, 5) is 2.02. The van der Waals surface area contributed by atoms with Crippen molar-refractivity contribution in [1.82, 2.24) is 4.90 Å². The Morgan fingerprint density at radius 1 is 0.810 bits per heavy atom. The second-order valence-electron chi connectivity index (χ2n) is 10.7. The number of hydrogen-bond donors (Lipinski definition) is 0. The van der Waals surface area contributed by atoms with Gasteiger partial charge in [0.15, 0.2) is 11.5 Å². The SMILES string of the molecule is COc1cc2c(cc1OC)C1=CC(c3ccc(Cl)cc3)C3(C(C#N)=C(C#N)N1CC2)c1ccccc1-c1ccccc13. The van der Waals surface area contributed by atoms with E-state index in [4.69, 9.17) is 21.1 Å². The van der Waals surface area contributed by atoms with E-state index in [0.717, 1.165) is 44.6 Å². The third-order valence-corrected chi connectivity index (χ3v) is 9.17. The summed E-state index contributed by atoms with van der Waals surface area (Å²) in [7, 11) is 3.26. The highest BCUT2D eigenvalue weighted by Gasteiger charge is 2.55. The molecule has 0 radical (unpaired) electrons. The summed E-state index contributed by atoms with van der Waals surface area (Å²) in [5, 5.41) is 22.5. The van der Waals surface area contributed by atoms with Crippen LogP contribution in [0.4, 0.5) is 0 Å². The minimum absolute atomic E-state index is 0.336. The number of nitriles is 2. The lowest BCUT2D eigenvalue weighted by molar-refractivity contribution is 0.353. The average molecular weight is 568 g/mol. The van der Waals surface area contributed by atoms with Gasteiger partial charge in [0.1, 0.15) is 11.8 Å². The Morgan fingerprint density at radius 3 is 2.02 bits per heavy atom. The summed E-state index contributed by atoms with van der Waals surface area (Å²) in [5.41, 5.74) is 7.97. The van der Waals surface area contributed by atoms with Gasteiger partial charge < -0.3 is 14.4 Å². The number of methoxy groups -OCH3 is 2. The van der Waals surface area contributed by atoms with Crippen molar-refractivity contribution < 1.29 is 9.47 Å². The van der Waals surface area contributed by atoms with Crippen LogP contribution >= 0.6 is 11.6 Å². The standard InChI is InChI=1S/C36H26ClN3O2/c1-41-34-17-23-15-16-40-32(27(23)18-35(34)42-2)19-30(22-11-13-24(37)14-12-22)36(31(20-38)33(40)21-39)28-9-5-3-7-25(28)26-8-4-6-10-29(26)36/h3-14,17-19,30H,15-16H2,1-2H3. The molecule has 0 saturated heterocycles. The summed E-state index contributed by atoms with van der Waals surface area (Å²) < 4.78 is 11.3. The molecule has 2 aliphatic heterocycles. The van der Waals surface area contributed by atoms with Crippen molar-refractivity contribution in [3.8, 4) is 34.8 Å². The first-order valence-corrected chi connectivity index (χ1v) is 14.2. The van der Waals surface area contributed by atoms with E-state index in [-0.39, 0.29) is 5.92 Å². The molecule has 204 valence electrons. The van der Waals surface area contributed by atoms with Crippen LogP contribution in [0.15, 0.2) is 102 Å². The molecule has 5 nitrogen and oxygen atoms in total. The zero-order valence-electron chi connectivity index (χ0n) is 23.2. The summed E-state index contributed by atoms with van der Waals surface area (Å²) in [6, 6.07) is 33.4. The highest BCUT2D eigenvalue weighted by atomic mass is 35.5. The molecule has 4 aromatic carbocycles. The fraction of sp³-hybridized carbons (Fsp3) is 0.167. The van der Waals surface area contributed by atoms with Crippen molar-refractivity contribution in [2.24, 2.45) is 0 Å². The number of ether oxygens (including phenoxy) is 2. The molecule has 0 amide bonds. The minimum Gasteiger partial charge on any atom is -0.493 e. The second kappa shape index (κ2) is 9.84. The van der Waals surface area contributed by atoms with Gasteiger partial charge in [0.25, 0.3) is 0 Å². The number of rotatable bonds is 3. The van der Waals surface area contributed by atoms with Gasteiger partial charge in [0.2, 0.25) is 0 Å². The van der Waals surface area contributed by atoms with Crippen LogP contribution in [-0.2, 0) is 11.8 Å². The summed E-state index contributed by atoms with van der Waals surface area (Å²) in [6.45, 7) is 0.551. The lowest BCUT2D eigenvalue weighted by Crippen LogP contribution is -2.35. The van der Waals surface area contributed by atoms with E-state index in [1.165, 1.54) is 0 Å². The maximum Gasteiger partial charge on any atom is 0.161 e. The molecule has 3 aliphatic rings. The van der Waals surface area contributed by atoms with Crippen LogP contribution in [-0.4, -0.2) is 25.7 Å². The van der Waals surface area contributed by atoms with Gasteiger partial charge in [-0.1, -0.05) is 78.3 Å². The van der Waals surface area contributed by atoms with Crippen molar-refractivity contribution in [3.63, 3.8) is 0 Å². The van der Waals surface area contributed by atoms with E-state index >= 15 is 0 Å². The Balaban J connectivity index is 1.65. The fourth-order valence-electron chi connectivity index (χ4n) is 7.18.